The predicted octanol–water partition coefficient (Wildman–Crippen LogP) is 2.79. The van der Waals surface area contributed by atoms with Gasteiger partial charge in [-0.1, -0.05) is 12.1 Å². The lowest BCUT2D eigenvalue weighted by Gasteiger charge is -2.17. The first-order chi connectivity index (χ1) is 9.16. The van der Waals surface area contributed by atoms with Crippen LogP contribution in [0.5, 0.6) is 0 Å². The molecule has 0 bridgehead atoms. The summed E-state index contributed by atoms with van der Waals surface area (Å²) in [4.78, 5) is 17.7. The number of pyridine rings is 1. The highest BCUT2D eigenvalue weighted by Crippen LogP contribution is 2.23. The first-order valence-corrected chi connectivity index (χ1v) is 5.91. The molecule has 0 saturated carbocycles. The number of para-hydroxylation sites is 2. The van der Waals surface area contributed by atoms with Gasteiger partial charge in [0.15, 0.2) is 0 Å². The molecule has 1 heterocycles. The Morgan fingerprint density at radius 1 is 1.05 bits per heavy atom. The van der Waals surface area contributed by atoms with Crippen LogP contribution in [0.15, 0.2) is 48.8 Å². The average Bonchev–Trinajstić information content (AvgIpc) is 2.40. The number of nitrogens with one attached hydrogen (secondary N) is 2. The van der Waals surface area contributed by atoms with Gasteiger partial charge in [-0.2, -0.15) is 0 Å². The van der Waals surface area contributed by atoms with E-state index in [1.165, 1.54) is 0 Å². The van der Waals surface area contributed by atoms with Crippen molar-refractivity contribution in [2.45, 2.75) is 0 Å². The lowest BCUT2D eigenvalue weighted by atomic mass is 10.2. The monoisotopic (exact) mass is 256 g/mol. The molecule has 0 saturated heterocycles. The van der Waals surface area contributed by atoms with Crippen molar-refractivity contribution in [3.63, 3.8) is 0 Å². The zero-order valence-electron chi connectivity index (χ0n) is 10.9. The van der Waals surface area contributed by atoms with E-state index in [0.29, 0.717) is 5.69 Å². The standard InChI is InChI=1S/C14H16N4O/c1-18(2)13-6-4-3-5-12(13)17-14(19)16-11-7-9-15-10-8-11/h3-10H,1-2H3,(H2,15,16,17,19). The van der Waals surface area contributed by atoms with E-state index in [9.17, 15) is 4.79 Å². The second kappa shape index (κ2) is 5.86. The fourth-order valence-electron chi connectivity index (χ4n) is 1.69. The van der Waals surface area contributed by atoms with E-state index < -0.39 is 0 Å². The first kappa shape index (κ1) is 12.9. The lowest BCUT2D eigenvalue weighted by Crippen LogP contribution is -2.21. The number of rotatable bonds is 3. The minimum Gasteiger partial charge on any atom is -0.376 e. The maximum atomic E-state index is 11.9. The van der Waals surface area contributed by atoms with Gasteiger partial charge in [0.25, 0.3) is 0 Å². The largest absolute Gasteiger partial charge is 0.376 e. The lowest BCUT2D eigenvalue weighted by molar-refractivity contribution is 0.262. The minimum atomic E-state index is -0.277. The predicted molar refractivity (Wildman–Crippen MR) is 77.6 cm³/mol. The van der Waals surface area contributed by atoms with E-state index in [1.54, 1.807) is 24.5 Å². The Labute approximate surface area is 112 Å². The molecule has 2 rings (SSSR count). The number of nitrogens with zero attached hydrogens (tertiary/aromatic N) is 2. The molecule has 0 aliphatic carbocycles. The summed E-state index contributed by atoms with van der Waals surface area (Å²) >= 11 is 0. The Morgan fingerprint density at radius 2 is 1.74 bits per heavy atom. The number of amides is 2. The summed E-state index contributed by atoms with van der Waals surface area (Å²) in [5.41, 5.74) is 2.42. The molecule has 2 aromatic rings. The normalized spacial score (nSPS) is 9.79. The maximum Gasteiger partial charge on any atom is 0.323 e. The zero-order valence-corrected chi connectivity index (χ0v) is 10.9. The van der Waals surface area contributed by atoms with Crippen LogP contribution in [0.4, 0.5) is 21.9 Å². The van der Waals surface area contributed by atoms with Gasteiger partial charge >= 0.3 is 6.03 Å². The third kappa shape index (κ3) is 3.45. The van der Waals surface area contributed by atoms with Crippen LogP contribution in [-0.4, -0.2) is 25.1 Å². The van der Waals surface area contributed by atoms with Gasteiger partial charge < -0.3 is 15.5 Å². The average molecular weight is 256 g/mol. The van der Waals surface area contributed by atoms with Crippen molar-refractivity contribution in [3.05, 3.63) is 48.8 Å². The van der Waals surface area contributed by atoms with Gasteiger partial charge in [0.05, 0.1) is 11.4 Å². The Kier molecular flexibility index (Phi) is 3.97. The Balaban J connectivity index is 2.07. The number of carbonyl (C=O) groups is 1. The molecule has 0 fully saturated rings. The molecular formula is C14H16N4O. The Morgan fingerprint density at radius 3 is 2.42 bits per heavy atom. The van der Waals surface area contributed by atoms with Crippen LogP contribution in [0.3, 0.4) is 0 Å². The van der Waals surface area contributed by atoms with Gasteiger partial charge in [0.1, 0.15) is 0 Å². The molecule has 98 valence electrons. The van der Waals surface area contributed by atoms with Crippen LogP contribution in [0.2, 0.25) is 0 Å². The summed E-state index contributed by atoms with van der Waals surface area (Å²) in [6.45, 7) is 0. The molecule has 0 aliphatic rings. The summed E-state index contributed by atoms with van der Waals surface area (Å²) in [6, 6.07) is 10.8. The second-order valence-electron chi connectivity index (χ2n) is 4.23. The summed E-state index contributed by atoms with van der Waals surface area (Å²) in [5.74, 6) is 0. The number of hydrogen-bond acceptors (Lipinski definition) is 3. The molecule has 0 unspecified atom stereocenters. The van der Waals surface area contributed by atoms with E-state index in [4.69, 9.17) is 0 Å². The number of carbonyl (C=O) groups excluding carboxylic acids is 1. The van der Waals surface area contributed by atoms with Crippen molar-refractivity contribution in [1.82, 2.24) is 4.98 Å². The van der Waals surface area contributed by atoms with Gasteiger partial charge in [0.2, 0.25) is 0 Å². The summed E-state index contributed by atoms with van der Waals surface area (Å²) in [5, 5.41) is 5.58. The first-order valence-electron chi connectivity index (χ1n) is 5.91. The van der Waals surface area contributed by atoms with Crippen LogP contribution in [0.25, 0.3) is 0 Å². The van der Waals surface area contributed by atoms with Crippen molar-refractivity contribution in [3.8, 4) is 0 Å². The van der Waals surface area contributed by atoms with Crippen molar-refractivity contribution in [2.75, 3.05) is 29.6 Å². The van der Waals surface area contributed by atoms with E-state index in [-0.39, 0.29) is 6.03 Å². The van der Waals surface area contributed by atoms with Gasteiger partial charge in [-0.3, -0.25) is 4.98 Å². The quantitative estimate of drug-likeness (QED) is 0.887. The van der Waals surface area contributed by atoms with E-state index in [1.807, 2.05) is 43.3 Å². The Hall–Kier alpha value is -2.56. The molecule has 0 radical (unpaired) electrons. The third-order valence-corrected chi connectivity index (χ3v) is 2.57. The molecule has 2 amide bonds. The molecule has 0 aliphatic heterocycles. The van der Waals surface area contributed by atoms with Gasteiger partial charge in [0, 0.05) is 32.2 Å². The molecule has 1 aromatic carbocycles. The van der Waals surface area contributed by atoms with Gasteiger partial charge in [-0.05, 0) is 24.3 Å². The SMILES string of the molecule is CN(C)c1ccccc1NC(=O)Nc1ccncc1. The third-order valence-electron chi connectivity index (χ3n) is 2.57. The number of anilines is 3. The molecule has 5 nitrogen and oxygen atoms in total. The highest BCUT2D eigenvalue weighted by atomic mass is 16.2. The van der Waals surface area contributed by atoms with Crippen molar-refractivity contribution >= 4 is 23.1 Å². The number of hydrogen-bond donors (Lipinski definition) is 2. The fraction of sp³-hybridized carbons (Fsp3) is 0.143. The highest BCUT2D eigenvalue weighted by Gasteiger charge is 2.07. The highest BCUT2D eigenvalue weighted by molar-refractivity contribution is 6.01. The maximum absolute atomic E-state index is 11.9. The van der Waals surface area contributed by atoms with Gasteiger partial charge in [-0.25, -0.2) is 4.79 Å². The molecule has 5 heteroatoms. The van der Waals surface area contributed by atoms with Gasteiger partial charge in [-0.15, -0.1) is 0 Å². The van der Waals surface area contributed by atoms with Crippen LogP contribution in [0.1, 0.15) is 0 Å². The van der Waals surface area contributed by atoms with E-state index in [2.05, 4.69) is 15.6 Å². The van der Waals surface area contributed by atoms with Crippen LogP contribution < -0.4 is 15.5 Å². The summed E-state index contributed by atoms with van der Waals surface area (Å²) in [7, 11) is 3.86. The molecule has 0 spiro atoms. The van der Waals surface area contributed by atoms with Crippen molar-refractivity contribution in [2.24, 2.45) is 0 Å². The topological polar surface area (TPSA) is 57.3 Å². The second-order valence-corrected chi connectivity index (χ2v) is 4.23. The molecule has 2 N–H and O–H groups in total. The van der Waals surface area contributed by atoms with Crippen molar-refractivity contribution < 1.29 is 4.79 Å². The smallest absolute Gasteiger partial charge is 0.323 e. The fourth-order valence-corrected chi connectivity index (χ4v) is 1.69. The summed E-state index contributed by atoms with van der Waals surface area (Å²) < 4.78 is 0. The molecular weight excluding hydrogens is 240 g/mol. The van der Waals surface area contributed by atoms with E-state index >= 15 is 0 Å². The molecule has 19 heavy (non-hydrogen) atoms. The van der Waals surface area contributed by atoms with E-state index in [0.717, 1.165) is 11.4 Å². The van der Waals surface area contributed by atoms with Crippen LogP contribution in [-0.2, 0) is 0 Å². The number of aromatic nitrogens is 1. The van der Waals surface area contributed by atoms with Crippen LogP contribution in [0, 0.1) is 0 Å². The zero-order chi connectivity index (χ0) is 13.7. The van der Waals surface area contributed by atoms with Crippen molar-refractivity contribution in [1.29, 1.82) is 0 Å². The molecule has 1 aromatic heterocycles. The van der Waals surface area contributed by atoms with Crippen LogP contribution >= 0.6 is 0 Å². The summed E-state index contributed by atoms with van der Waals surface area (Å²) in [6.07, 6.45) is 3.26. The number of urea groups is 1. The number of benzene rings is 1. The molecule has 0 atom stereocenters. The minimum absolute atomic E-state index is 0.277. The Bertz CT molecular complexity index is 554.